The molecule has 2 aliphatic heterocycles. The molecule has 1 aliphatic carbocycles. The van der Waals surface area contributed by atoms with Crippen molar-refractivity contribution in [2.75, 3.05) is 4.90 Å². The lowest BCUT2D eigenvalue weighted by Crippen LogP contribution is -2.49. The van der Waals surface area contributed by atoms with Crippen LogP contribution in [-0.2, 0) is 30.2 Å². The van der Waals surface area contributed by atoms with Crippen molar-refractivity contribution in [3.63, 3.8) is 0 Å². The fraction of sp³-hybridized carbons (Fsp3) is 0.303. The molecular formula is C33H29ClN6O5S. The molecule has 13 heteroatoms. The number of amides is 2. The third-order valence-corrected chi connectivity index (χ3v) is 11.7. The standard InChI is InChI=1S/C33H29ClN6O5S/c1-16-20-13-17(34)9-10-25(20)46-28(16)22-15-26(37(4)35-22)39-29(42)21-14-23-18(11-12-38-31(44)36(3)32(45)40(23)38)27(33(21,2)30(39)43)19-7-5-6-8-24(19)41/h5-11,13,15,21,23,27,41H,12,14H2,1-4H3. The summed E-state index contributed by atoms with van der Waals surface area (Å²) in [4.78, 5) is 57.7. The van der Waals surface area contributed by atoms with Gasteiger partial charge in [-0.3, -0.25) is 14.3 Å². The molecule has 0 radical (unpaired) electrons. The Hall–Kier alpha value is -4.68. The number of allylic oxidation sites excluding steroid dienone is 2. The zero-order chi connectivity index (χ0) is 32.4. The number of carbonyl (C=O) groups excluding carboxylic acids is 2. The van der Waals surface area contributed by atoms with Crippen LogP contribution in [0.15, 0.2) is 69.8 Å². The summed E-state index contributed by atoms with van der Waals surface area (Å²) in [5.74, 6) is -2.10. The molecule has 3 aliphatic rings. The van der Waals surface area contributed by atoms with Gasteiger partial charge >= 0.3 is 11.4 Å². The summed E-state index contributed by atoms with van der Waals surface area (Å²) in [6, 6.07) is 13.6. The van der Waals surface area contributed by atoms with Crippen molar-refractivity contribution in [1.29, 1.82) is 0 Å². The molecule has 5 aromatic rings. The SMILES string of the molecule is Cc1c(-c2cc(N3C(=O)C4CC5C(=CCn6c(=O)n(C)c(=O)n65)C(c5ccccc5O)C4(C)C3=O)n(C)n2)sc2ccc(Cl)cc12. The van der Waals surface area contributed by atoms with Gasteiger partial charge in [0.1, 0.15) is 17.3 Å². The first-order valence-electron chi connectivity index (χ1n) is 14.9. The smallest absolute Gasteiger partial charge is 0.347 e. The molecule has 2 fully saturated rings. The number of halogens is 1. The van der Waals surface area contributed by atoms with E-state index in [4.69, 9.17) is 16.7 Å². The Morgan fingerprint density at radius 1 is 1.04 bits per heavy atom. The molecule has 1 saturated heterocycles. The first-order chi connectivity index (χ1) is 21.9. The maximum Gasteiger partial charge on any atom is 0.347 e. The summed E-state index contributed by atoms with van der Waals surface area (Å²) in [5, 5.41) is 17.5. The van der Waals surface area contributed by atoms with Crippen LogP contribution in [-0.4, -0.2) is 40.6 Å². The Labute approximate surface area is 271 Å². The van der Waals surface area contributed by atoms with Crippen molar-refractivity contribution in [1.82, 2.24) is 23.7 Å². The molecule has 4 atom stereocenters. The third kappa shape index (κ3) is 3.62. The molecule has 2 aromatic carbocycles. The number of phenolic OH excluding ortho intramolecular Hbond substituents is 1. The zero-order valence-electron chi connectivity index (χ0n) is 25.4. The van der Waals surface area contributed by atoms with Gasteiger partial charge in [0.05, 0.1) is 28.8 Å². The number of hydrogen-bond acceptors (Lipinski definition) is 7. The minimum Gasteiger partial charge on any atom is -0.508 e. The van der Waals surface area contributed by atoms with E-state index < -0.39 is 46.5 Å². The number of aryl methyl sites for hydroxylation is 2. The predicted octanol–water partition coefficient (Wildman–Crippen LogP) is 4.50. The average molecular weight is 657 g/mol. The molecule has 11 nitrogen and oxygen atoms in total. The number of hydrogen-bond donors (Lipinski definition) is 1. The fourth-order valence-electron chi connectivity index (χ4n) is 7.90. The van der Waals surface area contributed by atoms with Gasteiger partial charge in [0.25, 0.3) is 0 Å². The van der Waals surface area contributed by atoms with Gasteiger partial charge in [-0.1, -0.05) is 35.9 Å². The summed E-state index contributed by atoms with van der Waals surface area (Å²) >= 11 is 7.83. The number of rotatable bonds is 3. The zero-order valence-corrected chi connectivity index (χ0v) is 27.0. The second kappa shape index (κ2) is 9.66. The number of phenols is 1. The lowest BCUT2D eigenvalue weighted by Gasteiger charge is -2.47. The summed E-state index contributed by atoms with van der Waals surface area (Å²) in [6.45, 7) is 3.90. The van der Waals surface area contributed by atoms with E-state index in [1.165, 1.54) is 21.3 Å². The van der Waals surface area contributed by atoms with E-state index in [9.17, 15) is 24.3 Å². The molecule has 4 unspecified atom stereocenters. The molecule has 8 rings (SSSR count). The average Bonchev–Trinajstić information content (AvgIpc) is 3.69. The first kappa shape index (κ1) is 28.8. The quantitative estimate of drug-likeness (QED) is 0.225. The van der Waals surface area contributed by atoms with Crippen molar-refractivity contribution in [2.45, 2.75) is 38.8 Å². The summed E-state index contributed by atoms with van der Waals surface area (Å²) in [7, 11) is 3.13. The normalized spacial score (nSPS) is 23.9. The van der Waals surface area contributed by atoms with Crippen LogP contribution < -0.4 is 16.3 Å². The van der Waals surface area contributed by atoms with Crippen LogP contribution in [0.3, 0.4) is 0 Å². The Bertz CT molecular complexity index is 2320. The summed E-state index contributed by atoms with van der Waals surface area (Å²) in [6.07, 6.45) is 2.00. The van der Waals surface area contributed by atoms with Crippen LogP contribution in [0.25, 0.3) is 20.7 Å². The highest BCUT2D eigenvalue weighted by Gasteiger charge is 2.66. The van der Waals surface area contributed by atoms with Crippen molar-refractivity contribution in [3.05, 3.63) is 97.3 Å². The Balaban J connectivity index is 1.29. The van der Waals surface area contributed by atoms with Crippen LogP contribution in [0.4, 0.5) is 5.82 Å². The van der Waals surface area contributed by atoms with Gasteiger partial charge in [0, 0.05) is 41.4 Å². The number of benzene rings is 2. The van der Waals surface area contributed by atoms with Crippen LogP contribution in [0.5, 0.6) is 5.75 Å². The van der Waals surface area contributed by atoms with Crippen molar-refractivity contribution < 1.29 is 14.7 Å². The van der Waals surface area contributed by atoms with E-state index in [1.807, 2.05) is 31.2 Å². The van der Waals surface area contributed by atoms with Crippen LogP contribution in [0, 0.1) is 18.3 Å². The lowest BCUT2D eigenvalue weighted by molar-refractivity contribution is -0.129. The van der Waals surface area contributed by atoms with Gasteiger partial charge in [-0.2, -0.15) is 5.10 Å². The Morgan fingerprint density at radius 2 is 1.80 bits per heavy atom. The number of fused-ring (bicyclic) bond motifs is 5. The Morgan fingerprint density at radius 3 is 2.57 bits per heavy atom. The highest BCUT2D eigenvalue weighted by Crippen LogP contribution is 2.62. The van der Waals surface area contributed by atoms with Crippen molar-refractivity contribution in [3.8, 4) is 16.3 Å². The summed E-state index contributed by atoms with van der Waals surface area (Å²) < 4.78 is 6.42. The van der Waals surface area contributed by atoms with Gasteiger partial charge < -0.3 is 5.11 Å². The van der Waals surface area contributed by atoms with E-state index in [0.717, 1.165) is 30.7 Å². The first-order valence-corrected chi connectivity index (χ1v) is 16.1. The molecule has 0 spiro atoms. The molecule has 1 N–H and O–H groups in total. The number of aromatic nitrogens is 5. The van der Waals surface area contributed by atoms with Gasteiger partial charge in [0.15, 0.2) is 0 Å². The molecule has 3 aromatic heterocycles. The van der Waals surface area contributed by atoms with E-state index in [1.54, 1.807) is 60.3 Å². The van der Waals surface area contributed by atoms with E-state index in [-0.39, 0.29) is 18.7 Å². The maximum atomic E-state index is 14.8. The van der Waals surface area contributed by atoms with Gasteiger partial charge in [0.2, 0.25) is 11.8 Å². The Kier molecular flexibility index (Phi) is 6.04. The minimum atomic E-state index is -1.30. The number of carbonyl (C=O) groups is 2. The van der Waals surface area contributed by atoms with Crippen molar-refractivity contribution >= 4 is 50.7 Å². The molecule has 46 heavy (non-hydrogen) atoms. The van der Waals surface area contributed by atoms with Crippen LogP contribution in [0.2, 0.25) is 5.02 Å². The fourth-order valence-corrected chi connectivity index (χ4v) is 9.21. The number of nitrogens with zero attached hydrogens (tertiary/aromatic N) is 6. The third-order valence-electron chi connectivity index (χ3n) is 10.2. The number of aromatic hydroxyl groups is 1. The molecule has 0 bridgehead atoms. The van der Waals surface area contributed by atoms with Crippen LogP contribution in [0.1, 0.15) is 36.4 Å². The van der Waals surface area contributed by atoms with Gasteiger partial charge in [-0.05, 0) is 61.1 Å². The molecule has 234 valence electrons. The van der Waals surface area contributed by atoms with Crippen LogP contribution >= 0.6 is 22.9 Å². The molecule has 1 saturated carbocycles. The highest BCUT2D eigenvalue weighted by atomic mass is 35.5. The van der Waals surface area contributed by atoms with E-state index >= 15 is 0 Å². The topological polar surface area (TPSA) is 124 Å². The molecular weight excluding hydrogens is 628 g/mol. The lowest BCUT2D eigenvalue weighted by atomic mass is 9.56. The minimum absolute atomic E-state index is 0.0146. The predicted molar refractivity (Wildman–Crippen MR) is 174 cm³/mol. The second-order valence-corrected chi connectivity index (χ2v) is 14.0. The molecule has 5 heterocycles. The monoisotopic (exact) mass is 656 g/mol. The van der Waals surface area contributed by atoms with E-state index in [0.29, 0.717) is 22.1 Å². The van der Waals surface area contributed by atoms with E-state index in [2.05, 4.69) is 0 Å². The van der Waals surface area contributed by atoms with Gasteiger partial charge in [-0.15, -0.1) is 11.3 Å². The highest BCUT2D eigenvalue weighted by molar-refractivity contribution is 7.22. The number of anilines is 1. The van der Waals surface area contributed by atoms with Gasteiger partial charge in [-0.25, -0.2) is 28.4 Å². The number of thiophene rings is 1. The second-order valence-electron chi connectivity index (χ2n) is 12.5. The summed E-state index contributed by atoms with van der Waals surface area (Å²) in [5.41, 5.74) is 0.589. The maximum absolute atomic E-state index is 14.8. The molecule has 2 amide bonds. The number of para-hydroxylation sites is 1. The van der Waals surface area contributed by atoms with Crippen molar-refractivity contribution in [2.24, 2.45) is 25.4 Å². The number of imide groups is 1. The largest absolute Gasteiger partial charge is 0.508 e.